The molecule has 0 saturated carbocycles. The Morgan fingerprint density at radius 2 is 1.85 bits per heavy atom. The highest BCUT2D eigenvalue weighted by atomic mass is 32.2. The number of esters is 1. The van der Waals surface area contributed by atoms with Crippen LogP contribution in [0.1, 0.15) is 41.5 Å². The van der Waals surface area contributed by atoms with Crippen LogP contribution in [0.5, 0.6) is 5.75 Å². The van der Waals surface area contributed by atoms with E-state index in [0.29, 0.717) is 17.0 Å². The number of benzene rings is 1. The van der Waals surface area contributed by atoms with Gasteiger partial charge in [-0.2, -0.15) is 0 Å². The monoisotopic (exact) mass is 390 g/mol. The van der Waals surface area contributed by atoms with Crippen LogP contribution < -0.4 is 10.1 Å². The number of aromatic nitrogens is 1. The van der Waals surface area contributed by atoms with Crippen LogP contribution in [0.15, 0.2) is 41.6 Å². The summed E-state index contributed by atoms with van der Waals surface area (Å²) in [5, 5.41) is 2.93. The number of ether oxygens (including phenoxy) is 2. The van der Waals surface area contributed by atoms with Crippen molar-refractivity contribution in [3.63, 3.8) is 0 Å². The average molecular weight is 390 g/mol. The number of anilines is 1. The molecule has 1 N–H and O–H groups in total. The van der Waals surface area contributed by atoms with Crippen molar-refractivity contribution >= 4 is 28.4 Å². The summed E-state index contributed by atoms with van der Waals surface area (Å²) in [6.45, 7) is 5.44. The summed E-state index contributed by atoms with van der Waals surface area (Å²) in [5.74, 6) is -0.685. The standard InChI is InChI=1S/C19H22N2O5S/c1-19(2,3)27(24)17-13(7-6-10-20-17)16(22)21-14-9-8-12(18(23)26-5)11-15(14)25-4/h6-11H,1-5H3,(H,21,22). The molecule has 7 nitrogen and oxygen atoms in total. The number of hydrogen-bond acceptors (Lipinski definition) is 6. The van der Waals surface area contributed by atoms with E-state index in [9.17, 15) is 13.8 Å². The van der Waals surface area contributed by atoms with E-state index in [0.717, 1.165) is 0 Å². The first-order valence-electron chi connectivity index (χ1n) is 8.13. The molecule has 0 aliphatic carbocycles. The maximum atomic E-state index is 12.8. The van der Waals surface area contributed by atoms with Crippen LogP contribution in [0.4, 0.5) is 5.69 Å². The van der Waals surface area contributed by atoms with E-state index in [1.54, 1.807) is 18.2 Å². The molecule has 27 heavy (non-hydrogen) atoms. The van der Waals surface area contributed by atoms with Gasteiger partial charge in [-0.25, -0.2) is 9.78 Å². The lowest BCUT2D eigenvalue weighted by Crippen LogP contribution is -2.25. The van der Waals surface area contributed by atoms with Gasteiger partial charge in [-0.05, 0) is 51.1 Å². The van der Waals surface area contributed by atoms with Crippen molar-refractivity contribution in [3.05, 3.63) is 47.7 Å². The third-order valence-electron chi connectivity index (χ3n) is 3.62. The Kier molecular flexibility index (Phi) is 6.32. The number of amides is 1. The zero-order valence-corrected chi connectivity index (χ0v) is 16.7. The molecule has 1 aromatic carbocycles. The Balaban J connectivity index is 2.36. The highest BCUT2D eigenvalue weighted by Crippen LogP contribution is 2.28. The number of carbonyl (C=O) groups is 2. The van der Waals surface area contributed by atoms with E-state index in [2.05, 4.69) is 15.0 Å². The summed E-state index contributed by atoms with van der Waals surface area (Å²) in [7, 11) is 1.23. The van der Waals surface area contributed by atoms with Crippen molar-refractivity contribution in [2.75, 3.05) is 19.5 Å². The van der Waals surface area contributed by atoms with Gasteiger partial charge in [0.05, 0.1) is 41.8 Å². The molecule has 0 aliphatic heterocycles. The maximum Gasteiger partial charge on any atom is 0.337 e. The van der Waals surface area contributed by atoms with Crippen LogP contribution in [0.2, 0.25) is 0 Å². The summed E-state index contributed by atoms with van der Waals surface area (Å²) in [6, 6.07) is 7.70. The molecule has 1 atom stereocenters. The third-order valence-corrected chi connectivity index (χ3v) is 5.41. The zero-order valence-electron chi connectivity index (χ0n) is 15.9. The van der Waals surface area contributed by atoms with Crippen molar-refractivity contribution in [3.8, 4) is 5.75 Å². The Bertz CT molecular complexity index is 890. The van der Waals surface area contributed by atoms with Gasteiger partial charge >= 0.3 is 5.97 Å². The molecule has 0 aliphatic rings. The fourth-order valence-electron chi connectivity index (χ4n) is 2.23. The first-order valence-corrected chi connectivity index (χ1v) is 9.28. The van der Waals surface area contributed by atoms with E-state index in [1.807, 2.05) is 20.8 Å². The van der Waals surface area contributed by atoms with Gasteiger partial charge in [0.15, 0.2) is 0 Å². The number of pyridine rings is 1. The number of nitrogens with zero attached hydrogens (tertiary/aromatic N) is 1. The lowest BCUT2D eigenvalue weighted by Gasteiger charge is -2.19. The molecule has 0 radical (unpaired) electrons. The topological polar surface area (TPSA) is 94.6 Å². The Morgan fingerprint density at radius 1 is 1.15 bits per heavy atom. The number of rotatable bonds is 5. The molecule has 144 valence electrons. The number of methoxy groups -OCH3 is 2. The molecule has 1 aromatic heterocycles. The molecule has 1 unspecified atom stereocenters. The maximum absolute atomic E-state index is 12.8. The third kappa shape index (κ3) is 4.71. The molecule has 0 fully saturated rings. The van der Waals surface area contributed by atoms with Crippen molar-refractivity contribution in [2.45, 2.75) is 30.5 Å². The second kappa shape index (κ2) is 8.30. The second-order valence-electron chi connectivity index (χ2n) is 6.60. The van der Waals surface area contributed by atoms with Gasteiger partial charge in [0.25, 0.3) is 5.91 Å². The van der Waals surface area contributed by atoms with Crippen LogP contribution in [0.3, 0.4) is 0 Å². The van der Waals surface area contributed by atoms with Gasteiger partial charge in [0.2, 0.25) is 0 Å². The minimum Gasteiger partial charge on any atom is -0.495 e. The van der Waals surface area contributed by atoms with Crippen molar-refractivity contribution in [1.82, 2.24) is 4.98 Å². The van der Waals surface area contributed by atoms with Crippen LogP contribution in [0.25, 0.3) is 0 Å². The largest absolute Gasteiger partial charge is 0.495 e. The number of nitrogens with one attached hydrogen (secondary N) is 1. The lowest BCUT2D eigenvalue weighted by molar-refractivity contribution is 0.0600. The lowest BCUT2D eigenvalue weighted by atomic mass is 10.1. The summed E-state index contributed by atoms with van der Waals surface area (Å²) in [5.41, 5.74) is 0.875. The first kappa shape index (κ1) is 20.6. The predicted molar refractivity (Wildman–Crippen MR) is 103 cm³/mol. The van der Waals surface area contributed by atoms with Crippen LogP contribution in [-0.4, -0.2) is 40.0 Å². The average Bonchev–Trinajstić information content (AvgIpc) is 2.66. The fraction of sp³-hybridized carbons (Fsp3) is 0.316. The molecule has 0 saturated heterocycles. The van der Waals surface area contributed by atoms with Crippen LogP contribution >= 0.6 is 0 Å². The number of hydrogen-bond donors (Lipinski definition) is 1. The van der Waals surface area contributed by atoms with E-state index in [-0.39, 0.29) is 10.6 Å². The molecule has 2 aromatic rings. The highest BCUT2D eigenvalue weighted by Gasteiger charge is 2.27. The van der Waals surface area contributed by atoms with Gasteiger partial charge in [-0.3, -0.25) is 9.00 Å². The van der Waals surface area contributed by atoms with Crippen molar-refractivity contribution in [2.24, 2.45) is 0 Å². The van der Waals surface area contributed by atoms with E-state index in [1.165, 1.54) is 32.5 Å². The van der Waals surface area contributed by atoms with Gasteiger partial charge in [-0.1, -0.05) is 0 Å². The second-order valence-corrected chi connectivity index (χ2v) is 8.75. The summed E-state index contributed by atoms with van der Waals surface area (Å²) in [4.78, 5) is 28.6. The van der Waals surface area contributed by atoms with E-state index in [4.69, 9.17) is 4.74 Å². The SMILES string of the molecule is COC(=O)c1ccc(NC(=O)c2cccnc2S(=O)C(C)(C)C)c(OC)c1. The molecule has 1 amide bonds. The fourth-order valence-corrected chi connectivity index (χ4v) is 3.33. The van der Waals surface area contributed by atoms with Crippen molar-refractivity contribution < 1.29 is 23.3 Å². The first-order chi connectivity index (χ1) is 12.7. The minimum atomic E-state index is -1.47. The Morgan fingerprint density at radius 3 is 2.44 bits per heavy atom. The van der Waals surface area contributed by atoms with Crippen molar-refractivity contribution in [1.29, 1.82) is 0 Å². The molecule has 0 spiro atoms. The Hall–Kier alpha value is -2.74. The summed E-state index contributed by atoms with van der Waals surface area (Å²) < 4.78 is 22.1. The molecular formula is C19H22N2O5S. The molecule has 2 rings (SSSR count). The van der Waals surface area contributed by atoms with Gasteiger partial charge in [-0.15, -0.1) is 0 Å². The predicted octanol–water partition coefficient (Wildman–Crippen LogP) is 3.04. The van der Waals surface area contributed by atoms with Crippen LogP contribution in [0, 0.1) is 0 Å². The van der Waals surface area contributed by atoms with Gasteiger partial charge < -0.3 is 14.8 Å². The molecule has 8 heteroatoms. The summed E-state index contributed by atoms with van der Waals surface area (Å²) in [6.07, 6.45) is 1.50. The minimum absolute atomic E-state index is 0.213. The molecular weight excluding hydrogens is 368 g/mol. The van der Waals surface area contributed by atoms with E-state index >= 15 is 0 Å². The Labute approximate surface area is 160 Å². The smallest absolute Gasteiger partial charge is 0.337 e. The van der Waals surface area contributed by atoms with Crippen LogP contribution in [-0.2, 0) is 15.5 Å². The number of carbonyl (C=O) groups excluding carboxylic acids is 2. The summed E-state index contributed by atoms with van der Waals surface area (Å²) >= 11 is 0. The highest BCUT2D eigenvalue weighted by molar-refractivity contribution is 7.86. The molecule has 1 heterocycles. The van der Waals surface area contributed by atoms with E-state index < -0.39 is 27.4 Å². The quantitative estimate of drug-likeness (QED) is 0.789. The zero-order chi connectivity index (χ0) is 20.2. The molecule has 0 bridgehead atoms. The van der Waals surface area contributed by atoms with Gasteiger partial charge in [0, 0.05) is 10.9 Å². The normalized spacial score (nSPS) is 12.2. The van der Waals surface area contributed by atoms with Gasteiger partial charge in [0.1, 0.15) is 10.8 Å².